The van der Waals surface area contributed by atoms with Crippen molar-refractivity contribution in [1.29, 1.82) is 0 Å². The average Bonchev–Trinajstić information content (AvgIpc) is 2.47. The molecule has 0 aliphatic carbocycles. The highest BCUT2D eigenvalue weighted by atomic mass is 19.4. The molecule has 1 aliphatic rings. The summed E-state index contributed by atoms with van der Waals surface area (Å²) in [5, 5.41) is 2.74. The Morgan fingerprint density at radius 2 is 2.08 bits per heavy atom. The SMILES string of the molecule is CCOC[C@H]1CNC[C@@H]1C(F)(F)F. The average molecular weight is 197 g/mol. The first-order chi connectivity index (χ1) is 6.05. The Balaban J connectivity index is 2.44. The molecule has 13 heavy (non-hydrogen) atoms. The fourth-order valence-corrected chi connectivity index (χ4v) is 1.56. The summed E-state index contributed by atoms with van der Waals surface area (Å²) < 4.78 is 42.0. The molecule has 78 valence electrons. The van der Waals surface area contributed by atoms with Crippen LogP contribution in [0.4, 0.5) is 13.2 Å². The normalized spacial score (nSPS) is 29.5. The Morgan fingerprint density at radius 3 is 2.62 bits per heavy atom. The fraction of sp³-hybridized carbons (Fsp3) is 1.00. The van der Waals surface area contributed by atoms with Gasteiger partial charge in [0.25, 0.3) is 0 Å². The van der Waals surface area contributed by atoms with Gasteiger partial charge in [0.1, 0.15) is 0 Å². The zero-order chi connectivity index (χ0) is 9.90. The number of hydrogen-bond acceptors (Lipinski definition) is 2. The van der Waals surface area contributed by atoms with Crippen molar-refractivity contribution in [3.8, 4) is 0 Å². The first-order valence-electron chi connectivity index (χ1n) is 4.41. The lowest BCUT2D eigenvalue weighted by molar-refractivity contribution is -0.183. The van der Waals surface area contributed by atoms with Crippen LogP contribution in [-0.4, -0.2) is 32.5 Å². The van der Waals surface area contributed by atoms with Gasteiger partial charge in [-0.2, -0.15) is 13.2 Å². The highest BCUT2D eigenvalue weighted by Gasteiger charge is 2.46. The van der Waals surface area contributed by atoms with E-state index in [-0.39, 0.29) is 13.2 Å². The van der Waals surface area contributed by atoms with Gasteiger partial charge in [0.2, 0.25) is 0 Å². The fourth-order valence-electron chi connectivity index (χ4n) is 1.56. The second kappa shape index (κ2) is 4.28. The molecule has 0 aromatic heterocycles. The zero-order valence-corrected chi connectivity index (χ0v) is 7.53. The lowest BCUT2D eigenvalue weighted by Crippen LogP contribution is -2.31. The Kier molecular flexibility index (Phi) is 3.55. The van der Waals surface area contributed by atoms with Crippen molar-refractivity contribution in [2.45, 2.75) is 13.1 Å². The molecular weight excluding hydrogens is 183 g/mol. The number of halogens is 3. The molecule has 1 aliphatic heterocycles. The van der Waals surface area contributed by atoms with Gasteiger partial charge in [0.05, 0.1) is 12.5 Å². The van der Waals surface area contributed by atoms with Gasteiger partial charge in [-0.3, -0.25) is 0 Å². The first-order valence-corrected chi connectivity index (χ1v) is 4.41. The molecule has 1 fully saturated rings. The minimum atomic E-state index is -4.09. The molecule has 0 amide bonds. The molecule has 1 rings (SSSR count). The molecular formula is C8H14F3NO. The third kappa shape index (κ3) is 2.84. The molecule has 0 spiro atoms. The highest BCUT2D eigenvalue weighted by Crippen LogP contribution is 2.34. The number of ether oxygens (including phenoxy) is 1. The van der Waals surface area contributed by atoms with E-state index in [1.54, 1.807) is 6.92 Å². The predicted molar refractivity (Wildman–Crippen MR) is 42.4 cm³/mol. The van der Waals surface area contributed by atoms with E-state index in [1.165, 1.54) is 0 Å². The standard InChI is InChI=1S/C8H14F3NO/c1-2-13-5-6-3-12-4-7(6)8(9,10)11/h6-7,12H,2-5H2,1H3/t6-,7+/m1/s1. The molecule has 0 unspecified atom stereocenters. The number of alkyl halides is 3. The molecule has 1 heterocycles. The highest BCUT2D eigenvalue weighted by molar-refractivity contribution is 4.85. The van der Waals surface area contributed by atoms with Crippen LogP contribution in [0.5, 0.6) is 0 Å². The lowest BCUT2D eigenvalue weighted by atomic mass is 9.96. The first kappa shape index (κ1) is 10.8. The number of rotatable bonds is 3. The van der Waals surface area contributed by atoms with E-state index in [4.69, 9.17) is 4.74 Å². The van der Waals surface area contributed by atoms with E-state index in [2.05, 4.69) is 5.32 Å². The van der Waals surface area contributed by atoms with Crippen LogP contribution < -0.4 is 5.32 Å². The summed E-state index contributed by atoms with van der Waals surface area (Å²) in [4.78, 5) is 0. The zero-order valence-electron chi connectivity index (χ0n) is 7.53. The molecule has 2 nitrogen and oxygen atoms in total. The maximum atomic E-state index is 12.3. The summed E-state index contributed by atoms with van der Waals surface area (Å²) in [5.41, 5.74) is 0. The molecule has 0 aromatic rings. The third-order valence-corrected chi connectivity index (χ3v) is 2.30. The summed E-state index contributed by atoms with van der Waals surface area (Å²) in [6.07, 6.45) is -4.09. The van der Waals surface area contributed by atoms with Crippen LogP contribution in [0.25, 0.3) is 0 Å². The quantitative estimate of drug-likeness (QED) is 0.738. The Hall–Kier alpha value is -0.290. The topological polar surface area (TPSA) is 21.3 Å². The van der Waals surface area contributed by atoms with Gasteiger partial charge >= 0.3 is 6.18 Å². The summed E-state index contributed by atoms with van der Waals surface area (Å²) in [6.45, 7) is 2.89. The molecule has 0 saturated carbocycles. The molecule has 5 heteroatoms. The molecule has 0 radical (unpaired) electrons. The van der Waals surface area contributed by atoms with E-state index < -0.39 is 18.0 Å². The predicted octanol–water partition coefficient (Wildman–Crippen LogP) is 1.42. The molecule has 1 saturated heterocycles. The molecule has 0 bridgehead atoms. The third-order valence-electron chi connectivity index (χ3n) is 2.30. The molecule has 1 N–H and O–H groups in total. The largest absolute Gasteiger partial charge is 0.393 e. The van der Waals surface area contributed by atoms with Crippen molar-refractivity contribution in [2.24, 2.45) is 11.8 Å². The van der Waals surface area contributed by atoms with Crippen LogP contribution in [-0.2, 0) is 4.74 Å². The van der Waals surface area contributed by atoms with Crippen molar-refractivity contribution in [3.63, 3.8) is 0 Å². The Morgan fingerprint density at radius 1 is 1.38 bits per heavy atom. The van der Waals surface area contributed by atoms with Gasteiger partial charge in [-0.15, -0.1) is 0 Å². The molecule has 0 aromatic carbocycles. The maximum absolute atomic E-state index is 12.3. The minimum Gasteiger partial charge on any atom is -0.381 e. The maximum Gasteiger partial charge on any atom is 0.393 e. The number of hydrogen-bond donors (Lipinski definition) is 1. The van der Waals surface area contributed by atoms with Crippen LogP contribution in [0.2, 0.25) is 0 Å². The lowest BCUT2D eigenvalue weighted by Gasteiger charge is -2.20. The molecule has 2 atom stereocenters. The van der Waals surface area contributed by atoms with Crippen LogP contribution in [0, 0.1) is 11.8 Å². The smallest absolute Gasteiger partial charge is 0.381 e. The van der Waals surface area contributed by atoms with Crippen LogP contribution in [0.15, 0.2) is 0 Å². The summed E-state index contributed by atoms with van der Waals surface area (Å²) >= 11 is 0. The van der Waals surface area contributed by atoms with Gasteiger partial charge in [-0.1, -0.05) is 0 Å². The van der Waals surface area contributed by atoms with Gasteiger partial charge in [-0.25, -0.2) is 0 Å². The summed E-state index contributed by atoms with van der Waals surface area (Å²) in [7, 11) is 0. The van der Waals surface area contributed by atoms with Crippen molar-refractivity contribution in [2.75, 3.05) is 26.3 Å². The van der Waals surface area contributed by atoms with E-state index in [9.17, 15) is 13.2 Å². The van der Waals surface area contributed by atoms with Gasteiger partial charge < -0.3 is 10.1 Å². The van der Waals surface area contributed by atoms with Crippen molar-refractivity contribution in [3.05, 3.63) is 0 Å². The van der Waals surface area contributed by atoms with Crippen molar-refractivity contribution in [1.82, 2.24) is 5.32 Å². The minimum absolute atomic E-state index is 0.0290. The van der Waals surface area contributed by atoms with Crippen molar-refractivity contribution < 1.29 is 17.9 Å². The van der Waals surface area contributed by atoms with Crippen molar-refractivity contribution >= 4 is 0 Å². The van der Waals surface area contributed by atoms with E-state index >= 15 is 0 Å². The van der Waals surface area contributed by atoms with Crippen LogP contribution >= 0.6 is 0 Å². The van der Waals surface area contributed by atoms with E-state index in [1.807, 2.05) is 0 Å². The van der Waals surface area contributed by atoms with Crippen LogP contribution in [0.3, 0.4) is 0 Å². The van der Waals surface area contributed by atoms with E-state index in [0.29, 0.717) is 13.2 Å². The summed E-state index contributed by atoms with van der Waals surface area (Å²) in [6, 6.07) is 0. The second-order valence-corrected chi connectivity index (χ2v) is 3.23. The van der Waals surface area contributed by atoms with E-state index in [0.717, 1.165) is 0 Å². The van der Waals surface area contributed by atoms with Gasteiger partial charge in [-0.05, 0) is 6.92 Å². The Bertz CT molecular complexity index is 160. The Labute approximate surface area is 75.4 Å². The van der Waals surface area contributed by atoms with Gasteiger partial charge in [0, 0.05) is 25.6 Å². The van der Waals surface area contributed by atoms with Gasteiger partial charge in [0.15, 0.2) is 0 Å². The number of nitrogens with one attached hydrogen (secondary N) is 1. The van der Waals surface area contributed by atoms with Crippen LogP contribution in [0.1, 0.15) is 6.92 Å². The second-order valence-electron chi connectivity index (χ2n) is 3.23. The summed E-state index contributed by atoms with van der Waals surface area (Å²) in [5.74, 6) is -1.65. The monoisotopic (exact) mass is 197 g/mol.